The van der Waals surface area contributed by atoms with Crippen LogP contribution in [-0.4, -0.2) is 21.6 Å². The Morgan fingerprint density at radius 2 is 1.83 bits per heavy atom. The van der Waals surface area contributed by atoms with Crippen molar-refractivity contribution in [3.8, 4) is 11.4 Å². The maximum Gasteiger partial charge on any atom is 0.321 e. The van der Waals surface area contributed by atoms with Crippen molar-refractivity contribution in [2.45, 2.75) is 13.5 Å². The molecular weight excluding hydrogens is 384 g/mol. The number of carbonyl (C=O) groups is 1. The van der Waals surface area contributed by atoms with Crippen molar-refractivity contribution in [3.63, 3.8) is 0 Å². The maximum absolute atomic E-state index is 13.6. The molecule has 1 amide bonds. The molecule has 2 aromatic carbocycles. The van der Waals surface area contributed by atoms with Crippen LogP contribution in [0.2, 0.25) is 0 Å². The number of nitrogens with one attached hydrogen (secondary N) is 1. The molecule has 0 unspecified atom stereocenters. The monoisotopic (exact) mass is 401 g/mol. The predicted molar refractivity (Wildman–Crippen MR) is 102 cm³/mol. The van der Waals surface area contributed by atoms with Gasteiger partial charge in [0, 0.05) is 18.5 Å². The van der Waals surface area contributed by atoms with Crippen LogP contribution in [0.4, 0.5) is 14.5 Å². The summed E-state index contributed by atoms with van der Waals surface area (Å²) in [7, 11) is 0. The van der Waals surface area contributed by atoms with Gasteiger partial charge in [0.25, 0.3) is 0 Å². The molecule has 0 bridgehead atoms. The number of para-hydroxylation sites is 2. The van der Waals surface area contributed by atoms with E-state index in [2.05, 4.69) is 5.32 Å². The first-order valence-electron chi connectivity index (χ1n) is 8.70. The summed E-state index contributed by atoms with van der Waals surface area (Å²) in [4.78, 5) is 37.0. The number of carbonyl (C=O) groups excluding carboxylic acids is 1. The third-order valence-electron chi connectivity index (χ3n) is 4.00. The first-order chi connectivity index (χ1) is 13.9. The molecule has 0 saturated heterocycles. The molecule has 0 fully saturated rings. The molecule has 9 heteroatoms. The zero-order valence-corrected chi connectivity index (χ0v) is 15.4. The lowest BCUT2D eigenvalue weighted by atomic mass is 10.3. The van der Waals surface area contributed by atoms with E-state index in [1.165, 1.54) is 12.4 Å². The average molecular weight is 401 g/mol. The van der Waals surface area contributed by atoms with Crippen molar-refractivity contribution in [2.75, 3.05) is 11.9 Å². The van der Waals surface area contributed by atoms with Crippen LogP contribution < -0.4 is 21.2 Å². The van der Waals surface area contributed by atoms with Crippen molar-refractivity contribution < 1.29 is 18.3 Å². The summed E-state index contributed by atoms with van der Waals surface area (Å²) in [5.41, 5.74) is -1.81. The molecule has 1 aromatic heterocycles. The van der Waals surface area contributed by atoms with E-state index >= 15 is 0 Å². The second-order valence-electron chi connectivity index (χ2n) is 5.98. The van der Waals surface area contributed by atoms with Crippen molar-refractivity contribution in [1.29, 1.82) is 0 Å². The fraction of sp³-hybridized carbons (Fsp3) is 0.150. The molecule has 29 heavy (non-hydrogen) atoms. The molecule has 0 radical (unpaired) electrons. The van der Waals surface area contributed by atoms with Gasteiger partial charge in [0.15, 0.2) is 0 Å². The smallest absolute Gasteiger partial charge is 0.321 e. The van der Waals surface area contributed by atoms with Crippen molar-refractivity contribution in [2.24, 2.45) is 0 Å². The quantitative estimate of drug-likeness (QED) is 0.643. The predicted octanol–water partition coefficient (Wildman–Crippen LogP) is 2.31. The van der Waals surface area contributed by atoms with E-state index < -0.39 is 35.2 Å². The third kappa shape index (κ3) is 4.40. The number of ether oxygens (including phenoxy) is 1. The highest BCUT2D eigenvalue weighted by Crippen LogP contribution is 2.20. The topological polar surface area (TPSA) is 82.3 Å². The van der Waals surface area contributed by atoms with Gasteiger partial charge in [-0.2, -0.15) is 0 Å². The van der Waals surface area contributed by atoms with E-state index in [9.17, 15) is 23.2 Å². The minimum absolute atomic E-state index is 0.359. The molecule has 0 aliphatic heterocycles. The Labute approximate surface area is 163 Å². The van der Waals surface area contributed by atoms with E-state index in [-0.39, 0.29) is 5.69 Å². The molecule has 0 aliphatic carbocycles. The van der Waals surface area contributed by atoms with Crippen LogP contribution in [0.3, 0.4) is 0 Å². The third-order valence-corrected chi connectivity index (χ3v) is 4.00. The lowest BCUT2D eigenvalue weighted by Crippen LogP contribution is -2.41. The van der Waals surface area contributed by atoms with Gasteiger partial charge in [-0.05, 0) is 31.2 Å². The Bertz CT molecular complexity index is 1170. The zero-order chi connectivity index (χ0) is 21.0. The maximum atomic E-state index is 13.6. The van der Waals surface area contributed by atoms with Crippen LogP contribution in [-0.2, 0) is 11.3 Å². The molecule has 0 aliphatic rings. The first kappa shape index (κ1) is 20.0. The highest BCUT2D eigenvalue weighted by atomic mass is 19.1. The summed E-state index contributed by atoms with van der Waals surface area (Å²) in [5.74, 6) is -1.92. The molecule has 3 aromatic rings. The number of aromatic nitrogens is 2. The van der Waals surface area contributed by atoms with Gasteiger partial charge in [-0.15, -0.1) is 0 Å². The minimum atomic E-state index is -0.950. The van der Waals surface area contributed by atoms with Crippen LogP contribution in [0, 0.1) is 11.6 Å². The molecule has 0 saturated carbocycles. The molecule has 0 atom stereocenters. The highest BCUT2D eigenvalue weighted by molar-refractivity contribution is 5.90. The summed E-state index contributed by atoms with van der Waals surface area (Å²) < 4.78 is 34.3. The van der Waals surface area contributed by atoms with Gasteiger partial charge in [-0.1, -0.05) is 12.1 Å². The SMILES string of the molecule is CCOc1ccccc1-n1ccn(CC(=O)Nc2cc(F)ccc2F)c(=O)c1=O. The van der Waals surface area contributed by atoms with E-state index in [1.54, 1.807) is 31.2 Å². The average Bonchev–Trinajstić information content (AvgIpc) is 2.69. The van der Waals surface area contributed by atoms with E-state index in [0.717, 1.165) is 27.3 Å². The van der Waals surface area contributed by atoms with Gasteiger partial charge < -0.3 is 10.1 Å². The number of halogens is 2. The van der Waals surface area contributed by atoms with Crippen molar-refractivity contribution >= 4 is 11.6 Å². The number of hydrogen-bond donors (Lipinski definition) is 1. The highest BCUT2D eigenvalue weighted by Gasteiger charge is 2.14. The minimum Gasteiger partial charge on any atom is -0.492 e. The first-order valence-corrected chi connectivity index (χ1v) is 8.70. The Morgan fingerprint density at radius 1 is 1.07 bits per heavy atom. The summed E-state index contributed by atoms with van der Waals surface area (Å²) in [6.07, 6.45) is 2.59. The second kappa shape index (κ2) is 8.51. The van der Waals surface area contributed by atoms with Gasteiger partial charge in [0.2, 0.25) is 5.91 Å². The Hall–Kier alpha value is -3.75. The molecule has 150 valence electrons. The number of nitrogens with zero attached hydrogens (tertiary/aromatic N) is 2. The largest absolute Gasteiger partial charge is 0.492 e. The van der Waals surface area contributed by atoms with E-state index in [1.807, 2.05) is 0 Å². The summed E-state index contributed by atoms with van der Waals surface area (Å²) in [6, 6.07) is 9.31. The van der Waals surface area contributed by atoms with Crippen LogP contribution in [0.1, 0.15) is 6.92 Å². The Balaban J connectivity index is 1.87. The standard InChI is InChI=1S/C20H17F2N3O4/c1-2-29-17-6-4-3-5-16(17)25-10-9-24(19(27)20(25)28)12-18(26)23-15-11-13(21)7-8-14(15)22/h3-11H,2,12H2,1H3,(H,23,26). The van der Waals surface area contributed by atoms with Crippen molar-refractivity contribution in [1.82, 2.24) is 9.13 Å². The van der Waals surface area contributed by atoms with Gasteiger partial charge in [-0.3, -0.25) is 23.5 Å². The molecule has 1 N–H and O–H groups in total. The summed E-state index contributed by atoms with van der Waals surface area (Å²) in [5, 5.41) is 2.18. The van der Waals surface area contributed by atoms with Crippen molar-refractivity contribution in [3.05, 3.63) is 87.2 Å². The lowest BCUT2D eigenvalue weighted by Gasteiger charge is -2.13. The van der Waals surface area contributed by atoms with Crippen LogP contribution in [0.15, 0.2) is 64.4 Å². The van der Waals surface area contributed by atoms with Gasteiger partial charge in [-0.25, -0.2) is 8.78 Å². The Kier molecular flexibility index (Phi) is 5.87. The fourth-order valence-corrected chi connectivity index (χ4v) is 2.69. The number of rotatable bonds is 6. The molecule has 3 rings (SSSR count). The fourth-order valence-electron chi connectivity index (χ4n) is 2.69. The lowest BCUT2D eigenvalue weighted by molar-refractivity contribution is -0.116. The van der Waals surface area contributed by atoms with Gasteiger partial charge in [0.1, 0.15) is 23.9 Å². The van der Waals surface area contributed by atoms with Crippen LogP contribution in [0.5, 0.6) is 5.75 Å². The Morgan fingerprint density at radius 3 is 2.59 bits per heavy atom. The molecule has 0 spiro atoms. The second-order valence-corrected chi connectivity index (χ2v) is 5.98. The normalized spacial score (nSPS) is 10.6. The van der Waals surface area contributed by atoms with Gasteiger partial charge in [0.05, 0.1) is 18.0 Å². The summed E-state index contributed by atoms with van der Waals surface area (Å²) >= 11 is 0. The number of benzene rings is 2. The van der Waals surface area contributed by atoms with E-state index in [0.29, 0.717) is 18.0 Å². The number of anilines is 1. The number of hydrogen-bond acceptors (Lipinski definition) is 4. The van der Waals surface area contributed by atoms with Crippen LogP contribution >= 0.6 is 0 Å². The molecule has 7 nitrogen and oxygen atoms in total. The number of amides is 1. The van der Waals surface area contributed by atoms with E-state index in [4.69, 9.17) is 4.74 Å². The summed E-state index contributed by atoms with van der Waals surface area (Å²) in [6.45, 7) is 1.62. The molecule has 1 heterocycles. The zero-order valence-electron chi connectivity index (χ0n) is 15.4. The van der Waals surface area contributed by atoms with Gasteiger partial charge >= 0.3 is 11.1 Å². The van der Waals surface area contributed by atoms with Crippen LogP contribution in [0.25, 0.3) is 5.69 Å². The molecular formula is C20H17F2N3O4.